The van der Waals surface area contributed by atoms with Crippen molar-refractivity contribution in [2.75, 3.05) is 6.54 Å². The minimum Gasteiger partial charge on any atom is -0.352 e. The average Bonchev–Trinajstić information content (AvgIpc) is 3.15. The van der Waals surface area contributed by atoms with Crippen LogP contribution in [0.3, 0.4) is 0 Å². The summed E-state index contributed by atoms with van der Waals surface area (Å²) in [5, 5.41) is 13.9. The fourth-order valence-corrected chi connectivity index (χ4v) is 2.13. The summed E-state index contributed by atoms with van der Waals surface area (Å²) < 4.78 is 1.71. The Morgan fingerprint density at radius 2 is 2.14 bits per heavy atom. The quantitative estimate of drug-likeness (QED) is 0.836. The van der Waals surface area contributed by atoms with Gasteiger partial charge in [-0.1, -0.05) is 17.3 Å². The molecule has 0 radical (unpaired) electrons. The number of nitrogens with one attached hydrogen (secondary N) is 2. The summed E-state index contributed by atoms with van der Waals surface area (Å²) in [4.78, 5) is 11.6. The summed E-state index contributed by atoms with van der Waals surface area (Å²) >= 11 is 0. The number of hydrogen-bond donors (Lipinski definition) is 2. The normalized spacial score (nSPS) is 15.7. The molecule has 0 unspecified atom stereocenters. The number of amides is 1. The van der Waals surface area contributed by atoms with Gasteiger partial charge in [0.05, 0.1) is 24.6 Å². The summed E-state index contributed by atoms with van der Waals surface area (Å²) in [6, 6.07) is 8.59. The second kappa shape index (κ2) is 6.05. The first-order valence-electron chi connectivity index (χ1n) is 7.22. The maximum Gasteiger partial charge on any atom is 0.234 e. The Morgan fingerprint density at radius 3 is 2.76 bits per heavy atom. The second-order valence-corrected chi connectivity index (χ2v) is 5.38. The van der Waals surface area contributed by atoms with Crippen molar-refractivity contribution in [1.29, 1.82) is 0 Å². The molecule has 2 N–H and O–H groups in total. The third-order valence-electron chi connectivity index (χ3n) is 3.59. The maximum absolute atomic E-state index is 11.6. The van der Waals surface area contributed by atoms with Crippen LogP contribution >= 0.6 is 0 Å². The molecule has 21 heavy (non-hydrogen) atoms. The predicted molar refractivity (Wildman–Crippen MR) is 78.9 cm³/mol. The van der Waals surface area contributed by atoms with Crippen LogP contribution in [0.2, 0.25) is 0 Å². The van der Waals surface area contributed by atoms with E-state index >= 15 is 0 Å². The van der Waals surface area contributed by atoms with Gasteiger partial charge in [-0.15, -0.1) is 5.10 Å². The third kappa shape index (κ3) is 3.66. The van der Waals surface area contributed by atoms with Gasteiger partial charge in [-0.25, -0.2) is 4.68 Å². The second-order valence-electron chi connectivity index (χ2n) is 5.38. The third-order valence-corrected chi connectivity index (χ3v) is 3.59. The molecule has 0 aliphatic heterocycles. The van der Waals surface area contributed by atoms with Crippen molar-refractivity contribution in [2.45, 2.75) is 31.8 Å². The van der Waals surface area contributed by atoms with Gasteiger partial charge in [0.2, 0.25) is 5.91 Å². The molecule has 1 atom stereocenters. The van der Waals surface area contributed by atoms with Gasteiger partial charge in [-0.05, 0) is 37.5 Å². The van der Waals surface area contributed by atoms with E-state index in [0.29, 0.717) is 12.6 Å². The predicted octanol–water partition coefficient (Wildman–Crippen LogP) is 1.20. The summed E-state index contributed by atoms with van der Waals surface area (Å²) in [6.07, 6.45) is 5.69. The highest BCUT2D eigenvalue weighted by Crippen LogP contribution is 2.18. The number of carbonyl (C=O) groups is 1. The van der Waals surface area contributed by atoms with Crippen molar-refractivity contribution in [3.05, 3.63) is 42.2 Å². The molecule has 1 aromatic heterocycles. The van der Waals surface area contributed by atoms with Gasteiger partial charge >= 0.3 is 0 Å². The lowest BCUT2D eigenvalue weighted by atomic mass is 10.1. The van der Waals surface area contributed by atoms with E-state index < -0.39 is 0 Å². The number of carbonyl (C=O) groups excluding carboxylic acids is 1. The lowest BCUT2D eigenvalue weighted by Crippen LogP contribution is -2.36. The number of hydrogen-bond acceptors (Lipinski definition) is 4. The van der Waals surface area contributed by atoms with Crippen LogP contribution in [0.5, 0.6) is 0 Å². The van der Waals surface area contributed by atoms with Crippen molar-refractivity contribution in [3.63, 3.8) is 0 Å². The zero-order valence-corrected chi connectivity index (χ0v) is 12.0. The fraction of sp³-hybridized carbons (Fsp3) is 0.400. The molecule has 1 aliphatic rings. The van der Waals surface area contributed by atoms with E-state index in [-0.39, 0.29) is 11.9 Å². The van der Waals surface area contributed by atoms with Crippen LogP contribution < -0.4 is 10.6 Å². The average molecular weight is 285 g/mol. The molecule has 2 aromatic rings. The number of benzene rings is 1. The maximum atomic E-state index is 11.6. The summed E-state index contributed by atoms with van der Waals surface area (Å²) in [7, 11) is 0. The van der Waals surface area contributed by atoms with E-state index in [2.05, 4.69) is 27.9 Å². The van der Waals surface area contributed by atoms with Gasteiger partial charge in [-0.2, -0.15) is 0 Å². The molecule has 6 nitrogen and oxygen atoms in total. The fourth-order valence-electron chi connectivity index (χ4n) is 2.13. The van der Waals surface area contributed by atoms with E-state index in [0.717, 1.165) is 24.1 Å². The molecule has 1 aliphatic carbocycles. The topological polar surface area (TPSA) is 71.8 Å². The molecule has 1 amide bonds. The van der Waals surface area contributed by atoms with Gasteiger partial charge in [0.15, 0.2) is 0 Å². The van der Waals surface area contributed by atoms with Crippen LogP contribution in [0.4, 0.5) is 0 Å². The molecule has 0 bridgehead atoms. The largest absolute Gasteiger partial charge is 0.352 e. The highest BCUT2D eigenvalue weighted by Gasteiger charge is 2.23. The summed E-state index contributed by atoms with van der Waals surface area (Å²) in [5.74, 6) is 0.0728. The molecule has 1 saturated carbocycles. The SMILES string of the molecule is C[C@@H](NCC(=O)NC1CC1)c1ccc(-n2ccnn2)cc1. The lowest BCUT2D eigenvalue weighted by molar-refractivity contribution is -0.120. The van der Waals surface area contributed by atoms with Gasteiger partial charge in [-0.3, -0.25) is 4.79 Å². The first-order chi connectivity index (χ1) is 10.2. The summed E-state index contributed by atoms with van der Waals surface area (Å²) in [6.45, 7) is 2.40. The number of nitrogens with zero attached hydrogens (tertiary/aromatic N) is 3. The van der Waals surface area contributed by atoms with E-state index in [1.807, 2.05) is 24.3 Å². The Labute approximate surface area is 123 Å². The first kappa shape index (κ1) is 13.8. The van der Waals surface area contributed by atoms with Crippen molar-refractivity contribution < 1.29 is 4.79 Å². The van der Waals surface area contributed by atoms with Crippen LogP contribution in [0.15, 0.2) is 36.7 Å². The van der Waals surface area contributed by atoms with E-state index in [1.54, 1.807) is 17.1 Å². The number of rotatable bonds is 6. The van der Waals surface area contributed by atoms with Crippen LogP contribution in [-0.4, -0.2) is 33.5 Å². The van der Waals surface area contributed by atoms with Gasteiger partial charge in [0.1, 0.15) is 0 Å². The van der Waals surface area contributed by atoms with Gasteiger partial charge in [0.25, 0.3) is 0 Å². The molecule has 1 aromatic carbocycles. The van der Waals surface area contributed by atoms with Crippen molar-refractivity contribution in [3.8, 4) is 5.69 Å². The molecule has 110 valence electrons. The molecule has 1 fully saturated rings. The molecule has 0 saturated heterocycles. The monoisotopic (exact) mass is 285 g/mol. The molecular formula is C15H19N5O. The zero-order chi connectivity index (χ0) is 14.7. The minimum atomic E-state index is 0.0728. The van der Waals surface area contributed by atoms with Crippen LogP contribution in [0.25, 0.3) is 5.69 Å². The highest BCUT2D eigenvalue weighted by molar-refractivity contribution is 5.78. The van der Waals surface area contributed by atoms with Crippen LogP contribution in [0, 0.1) is 0 Å². The Bertz CT molecular complexity index is 589. The smallest absolute Gasteiger partial charge is 0.234 e. The van der Waals surface area contributed by atoms with Gasteiger partial charge < -0.3 is 10.6 Å². The Balaban J connectivity index is 1.54. The molecule has 0 spiro atoms. The zero-order valence-electron chi connectivity index (χ0n) is 12.0. The summed E-state index contributed by atoms with van der Waals surface area (Å²) in [5.41, 5.74) is 2.10. The van der Waals surface area contributed by atoms with Crippen molar-refractivity contribution in [1.82, 2.24) is 25.6 Å². The standard InChI is InChI=1S/C15H19N5O/c1-11(16-10-15(21)18-13-4-5-13)12-2-6-14(7-3-12)20-9-8-17-19-20/h2-3,6-9,11,13,16H,4-5,10H2,1H3,(H,18,21)/t11-/m1/s1. The van der Waals surface area contributed by atoms with E-state index in [4.69, 9.17) is 0 Å². The Morgan fingerprint density at radius 1 is 1.38 bits per heavy atom. The van der Waals surface area contributed by atoms with E-state index in [1.165, 1.54) is 0 Å². The Kier molecular flexibility index (Phi) is 3.96. The van der Waals surface area contributed by atoms with Crippen LogP contribution in [0.1, 0.15) is 31.4 Å². The van der Waals surface area contributed by atoms with Crippen LogP contribution in [-0.2, 0) is 4.79 Å². The molecule has 1 heterocycles. The number of aromatic nitrogens is 3. The molecule has 6 heteroatoms. The minimum absolute atomic E-state index is 0.0728. The molecular weight excluding hydrogens is 266 g/mol. The Hall–Kier alpha value is -2.21. The van der Waals surface area contributed by atoms with Crippen molar-refractivity contribution >= 4 is 5.91 Å². The van der Waals surface area contributed by atoms with E-state index in [9.17, 15) is 4.79 Å². The first-order valence-corrected chi connectivity index (χ1v) is 7.22. The lowest BCUT2D eigenvalue weighted by Gasteiger charge is -2.14. The highest BCUT2D eigenvalue weighted by atomic mass is 16.2. The van der Waals surface area contributed by atoms with Crippen molar-refractivity contribution in [2.24, 2.45) is 0 Å². The molecule has 3 rings (SSSR count). The van der Waals surface area contributed by atoms with Gasteiger partial charge in [0, 0.05) is 12.1 Å².